The number of furan rings is 1. The van der Waals surface area contributed by atoms with Crippen LogP contribution in [-0.2, 0) is 5.60 Å². The molecule has 0 bridgehead atoms. The van der Waals surface area contributed by atoms with Crippen LogP contribution in [0.5, 0.6) is 0 Å². The van der Waals surface area contributed by atoms with Gasteiger partial charge in [-0.05, 0) is 43.3 Å². The molecule has 0 saturated heterocycles. The monoisotopic (exact) mass is 215 g/mol. The van der Waals surface area contributed by atoms with Crippen LogP contribution < -0.4 is 0 Å². The van der Waals surface area contributed by atoms with Gasteiger partial charge in [0.05, 0.1) is 12.0 Å². The van der Waals surface area contributed by atoms with E-state index in [0.29, 0.717) is 11.5 Å². The Kier molecular flexibility index (Phi) is 2.88. The molecule has 2 aromatic rings. The Morgan fingerprint density at radius 2 is 2.19 bits per heavy atom. The lowest BCUT2D eigenvalue weighted by Gasteiger charge is -2.17. The summed E-state index contributed by atoms with van der Waals surface area (Å²) in [7, 11) is 0. The van der Waals surface area contributed by atoms with Crippen LogP contribution in [0, 0.1) is 0 Å². The van der Waals surface area contributed by atoms with Gasteiger partial charge in [0.2, 0.25) is 0 Å². The Morgan fingerprint density at radius 1 is 1.31 bits per heavy atom. The maximum absolute atomic E-state index is 10.2. The van der Waals surface area contributed by atoms with E-state index in [1.165, 1.54) is 0 Å². The third kappa shape index (κ3) is 2.38. The molecule has 2 heterocycles. The maximum atomic E-state index is 10.2. The van der Waals surface area contributed by atoms with Crippen molar-refractivity contribution in [2.45, 2.75) is 12.5 Å². The topological polar surface area (TPSA) is 46.3 Å². The van der Waals surface area contributed by atoms with Gasteiger partial charge in [0, 0.05) is 6.20 Å². The highest BCUT2D eigenvalue weighted by molar-refractivity contribution is 5.45. The third-order valence-electron chi connectivity index (χ3n) is 2.30. The summed E-state index contributed by atoms with van der Waals surface area (Å²) in [5, 5.41) is 10.2. The molecule has 2 rings (SSSR count). The number of aromatic nitrogens is 1. The first-order valence-corrected chi connectivity index (χ1v) is 5.05. The molecule has 82 valence electrons. The average molecular weight is 215 g/mol. The second kappa shape index (κ2) is 4.33. The van der Waals surface area contributed by atoms with E-state index in [-0.39, 0.29) is 0 Å². The van der Waals surface area contributed by atoms with Crippen LogP contribution in [0.25, 0.3) is 6.08 Å². The van der Waals surface area contributed by atoms with Gasteiger partial charge in [0.15, 0.2) is 0 Å². The van der Waals surface area contributed by atoms with Crippen molar-refractivity contribution in [3.63, 3.8) is 0 Å². The molecule has 0 aliphatic heterocycles. The summed E-state index contributed by atoms with van der Waals surface area (Å²) in [5.74, 6) is 0.705. The predicted molar refractivity (Wildman–Crippen MR) is 61.5 cm³/mol. The van der Waals surface area contributed by atoms with E-state index in [2.05, 4.69) is 4.98 Å². The molecule has 0 spiro atoms. The Bertz CT molecular complexity index is 458. The van der Waals surface area contributed by atoms with Gasteiger partial charge >= 0.3 is 0 Å². The summed E-state index contributed by atoms with van der Waals surface area (Å²) in [4.78, 5) is 4.12. The van der Waals surface area contributed by atoms with Gasteiger partial charge in [-0.25, -0.2) is 0 Å². The molecule has 0 fully saturated rings. The molecule has 1 atom stereocenters. The number of pyridine rings is 1. The Labute approximate surface area is 94.1 Å². The summed E-state index contributed by atoms with van der Waals surface area (Å²) in [5.41, 5.74) is -0.480. The minimum absolute atomic E-state index is 0.609. The van der Waals surface area contributed by atoms with Crippen LogP contribution in [0.4, 0.5) is 0 Å². The zero-order chi connectivity index (χ0) is 11.4. The van der Waals surface area contributed by atoms with Crippen molar-refractivity contribution in [1.29, 1.82) is 0 Å². The second-order valence-corrected chi connectivity index (χ2v) is 3.71. The fourth-order valence-electron chi connectivity index (χ4n) is 1.38. The van der Waals surface area contributed by atoms with E-state index in [1.54, 1.807) is 43.7 Å². The van der Waals surface area contributed by atoms with Crippen molar-refractivity contribution in [2.24, 2.45) is 0 Å². The minimum Gasteiger partial charge on any atom is -0.465 e. The highest BCUT2D eigenvalue weighted by Gasteiger charge is 2.20. The molecule has 1 unspecified atom stereocenters. The van der Waals surface area contributed by atoms with Crippen molar-refractivity contribution in [1.82, 2.24) is 4.98 Å². The summed E-state index contributed by atoms with van der Waals surface area (Å²) in [6, 6.07) is 9.07. The Balaban J connectivity index is 2.20. The summed E-state index contributed by atoms with van der Waals surface area (Å²) >= 11 is 0. The lowest BCUT2D eigenvalue weighted by molar-refractivity contribution is 0.107. The van der Waals surface area contributed by atoms with E-state index < -0.39 is 5.60 Å². The van der Waals surface area contributed by atoms with Gasteiger partial charge < -0.3 is 9.52 Å². The number of rotatable bonds is 3. The van der Waals surface area contributed by atoms with Crippen LogP contribution in [-0.4, -0.2) is 10.1 Å². The number of hydrogen-bond donors (Lipinski definition) is 1. The fourth-order valence-corrected chi connectivity index (χ4v) is 1.38. The highest BCUT2D eigenvalue weighted by atomic mass is 16.3. The lowest BCUT2D eigenvalue weighted by Crippen LogP contribution is -2.18. The number of nitrogens with zero attached hydrogens (tertiary/aromatic N) is 1. The molecule has 2 aromatic heterocycles. The average Bonchev–Trinajstić information content (AvgIpc) is 2.81. The predicted octanol–water partition coefficient (Wildman–Crippen LogP) is 2.60. The van der Waals surface area contributed by atoms with Crippen molar-refractivity contribution in [3.8, 4) is 0 Å². The Morgan fingerprint density at radius 3 is 2.81 bits per heavy atom. The van der Waals surface area contributed by atoms with Crippen LogP contribution in [0.2, 0.25) is 0 Å². The normalized spacial score (nSPS) is 15.1. The van der Waals surface area contributed by atoms with Gasteiger partial charge in [0.1, 0.15) is 11.4 Å². The molecule has 3 heteroatoms. The first-order valence-electron chi connectivity index (χ1n) is 5.05. The standard InChI is InChI=1S/C13H13NO2/c1-13(15,12-6-2-3-9-14-12)8-7-11-5-4-10-16-11/h2-10,15H,1H3/b8-7-. The van der Waals surface area contributed by atoms with Crippen LogP contribution >= 0.6 is 0 Å². The highest BCUT2D eigenvalue weighted by Crippen LogP contribution is 2.20. The van der Waals surface area contributed by atoms with Crippen LogP contribution in [0.3, 0.4) is 0 Å². The number of hydrogen-bond acceptors (Lipinski definition) is 3. The third-order valence-corrected chi connectivity index (χ3v) is 2.30. The first kappa shape index (κ1) is 10.6. The van der Waals surface area contributed by atoms with Gasteiger partial charge in [-0.2, -0.15) is 0 Å². The molecule has 1 N–H and O–H groups in total. The summed E-state index contributed by atoms with van der Waals surface area (Å²) in [6.45, 7) is 1.69. The van der Waals surface area contributed by atoms with E-state index in [0.717, 1.165) is 0 Å². The SMILES string of the molecule is CC(O)(/C=C\c1ccco1)c1ccccn1. The van der Waals surface area contributed by atoms with E-state index in [4.69, 9.17) is 4.42 Å². The van der Waals surface area contributed by atoms with Gasteiger partial charge in [0.25, 0.3) is 0 Å². The smallest absolute Gasteiger partial charge is 0.126 e. The van der Waals surface area contributed by atoms with Crippen LogP contribution in [0.15, 0.2) is 53.3 Å². The van der Waals surface area contributed by atoms with Crippen molar-refractivity contribution in [3.05, 3.63) is 60.3 Å². The molecular formula is C13H13NO2. The first-order chi connectivity index (χ1) is 7.68. The molecule has 0 aromatic carbocycles. The quantitative estimate of drug-likeness (QED) is 0.856. The minimum atomic E-state index is -1.09. The molecule has 0 aliphatic carbocycles. The van der Waals surface area contributed by atoms with Gasteiger partial charge in [-0.3, -0.25) is 4.98 Å². The van der Waals surface area contributed by atoms with Crippen LogP contribution in [0.1, 0.15) is 18.4 Å². The Hall–Kier alpha value is -1.87. The fraction of sp³-hybridized carbons (Fsp3) is 0.154. The summed E-state index contributed by atoms with van der Waals surface area (Å²) < 4.78 is 5.15. The van der Waals surface area contributed by atoms with Crippen molar-refractivity contribution >= 4 is 6.08 Å². The lowest BCUT2D eigenvalue weighted by atomic mass is 10.0. The second-order valence-electron chi connectivity index (χ2n) is 3.71. The zero-order valence-electron chi connectivity index (χ0n) is 9.00. The molecular weight excluding hydrogens is 202 g/mol. The molecule has 0 saturated carbocycles. The molecule has 0 aliphatic rings. The zero-order valence-corrected chi connectivity index (χ0v) is 9.00. The van der Waals surface area contributed by atoms with Gasteiger partial charge in [-0.1, -0.05) is 6.07 Å². The largest absolute Gasteiger partial charge is 0.465 e. The van der Waals surface area contributed by atoms with Crippen molar-refractivity contribution in [2.75, 3.05) is 0 Å². The maximum Gasteiger partial charge on any atom is 0.126 e. The molecule has 0 amide bonds. The van der Waals surface area contributed by atoms with E-state index in [1.807, 2.05) is 18.2 Å². The molecule has 3 nitrogen and oxygen atoms in total. The van der Waals surface area contributed by atoms with E-state index in [9.17, 15) is 5.11 Å². The molecule has 0 radical (unpaired) electrons. The summed E-state index contributed by atoms with van der Waals surface area (Å²) in [6.07, 6.45) is 6.64. The number of aliphatic hydroxyl groups is 1. The van der Waals surface area contributed by atoms with Crippen molar-refractivity contribution < 1.29 is 9.52 Å². The van der Waals surface area contributed by atoms with Gasteiger partial charge in [-0.15, -0.1) is 0 Å². The molecule has 16 heavy (non-hydrogen) atoms. The van der Waals surface area contributed by atoms with E-state index >= 15 is 0 Å².